The molecule has 0 spiro atoms. The van der Waals surface area contributed by atoms with Crippen LogP contribution in [0.4, 0.5) is 0 Å². The maximum absolute atomic E-state index is 11.7. The predicted octanol–water partition coefficient (Wildman–Crippen LogP) is 2.29. The van der Waals surface area contributed by atoms with Gasteiger partial charge in [-0.25, -0.2) is 0 Å². The van der Waals surface area contributed by atoms with Crippen LogP contribution in [0.1, 0.15) is 47.0 Å². The van der Waals surface area contributed by atoms with Gasteiger partial charge in [-0.3, -0.25) is 9.59 Å². The van der Waals surface area contributed by atoms with Crippen LogP contribution in [0.5, 0.6) is 0 Å². The van der Waals surface area contributed by atoms with E-state index in [4.69, 9.17) is 5.11 Å². The maximum atomic E-state index is 11.7. The SMILES string of the molecule is CCC(CC)C(=O)NC[C@H](CC(C)C)C(=O)O. The minimum absolute atomic E-state index is 0.00324. The van der Waals surface area contributed by atoms with Crippen molar-refractivity contribution in [2.75, 3.05) is 6.54 Å². The number of hydrogen-bond acceptors (Lipinski definition) is 2. The van der Waals surface area contributed by atoms with Crippen molar-refractivity contribution < 1.29 is 14.7 Å². The summed E-state index contributed by atoms with van der Waals surface area (Å²) in [5.41, 5.74) is 0. The van der Waals surface area contributed by atoms with Gasteiger partial charge in [0.1, 0.15) is 0 Å². The first-order valence-corrected chi connectivity index (χ1v) is 6.42. The van der Waals surface area contributed by atoms with Crippen molar-refractivity contribution >= 4 is 11.9 Å². The van der Waals surface area contributed by atoms with Gasteiger partial charge < -0.3 is 10.4 Å². The summed E-state index contributed by atoms with van der Waals surface area (Å²) < 4.78 is 0. The number of carbonyl (C=O) groups is 2. The molecule has 0 aliphatic heterocycles. The first-order chi connectivity index (χ1) is 7.92. The highest BCUT2D eigenvalue weighted by Crippen LogP contribution is 2.12. The topological polar surface area (TPSA) is 66.4 Å². The molecule has 0 rings (SSSR count). The van der Waals surface area contributed by atoms with Gasteiger partial charge >= 0.3 is 5.97 Å². The molecule has 0 radical (unpaired) electrons. The van der Waals surface area contributed by atoms with Crippen molar-refractivity contribution in [2.24, 2.45) is 17.8 Å². The van der Waals surface area contributed by atoms with Crippen molar-refractivity contribution in [3.05, 3.63) is 0 Å². The highest BCUT2D eigenvalue weighted by atomic mass is 16.4. The van der Waals surface area contributed by atoms with Gasteiger partial charge in [0.05, 0.1) is 5.92 Å². The number of carboxylic acid groups (broad SMARTS) is 1. The molecule has 0 aromatic carbocycles. The molecule has 0 aliphatic rings. The van der Waals surface area contributed by atoms with E-state index in [-0.39, 0.29) is 18.4 Å². The number of nitrogens with one attached hydrogen (secondary N) is 1. The van der Waals surface area contributed by atoms with E-state index in [1.165, 1.54) is 0 Å². The summed E-state index contributed by atoms with van der Waals surface area (Å²) in [6.07, 6.45) is 2.19. The van der Waals surface area contributed by atoms with Crippen LogP contribution in [0.3, 0.4) is 0 Å². The average molecular weight is 243 g/mol. The summed E-state index contributed by atoms with van der Waals surface area (Å²) in [5, 5.41) is 11.8. The van der Waals surface area contributed by atoms with E-state index < -0.39 is 11.9 Å². The predicted molar refractivity (Wildman–Crippen MR) is 67.7 cm³/mol. The number of carboxylic acids is 1. The summed E-state index contributed by atoms with van der Waals surface area (Å²) in [6, 6.07) is 0. The fraction of sp³-hybridized carbons (Fsp3) is 0.846. The Morgan fingerprint density at radius 2 is 1.65 bits per heavy atom. The Kier molecular flexibility index (Phi) is 7.59. The number of carbonyl (C=O) groups excluding carboxylic acids is 1. The van der Waals surface area contributed by atoms with Crippen LogP contribution in [0.2, 0.25) is 0 Å². The second kappa shape index (κ2) is 8.09. The molecule has 0 aromatic rings. The van der Waals surface area contributed by atoms with Gasteiger partial charge in [0.2, 0.25) is 5.91 Å². The van der Waals surface area contributed by atoms with E-state index >= 15 is 0 Å². The quantitative estimate of drug-likeness (QED) is 0.687. The van der Waals surface area contributed by atoms with E-state index in [2.05, 4.69) is 5.32 Å². The molecule has 2 N–H and O–H groups in total. The molecule has 0 unspecified atom stereocenters. The normalized spacial score (nSPS) is 12.8. The molecule has 0 heterocycles. The molecule has 1 atom stereocenters. The van der Waals surface area contributed by atoms with Gasteiger partial charge in [0.15, 0.2) is 0 Å². The van der Waals surface area contributed by atoms with Gasteiger partial charge in [-0.2, -0.15) is 0 Å². The van der Waals surface area contributed by atoms with Crippen molar-refractivity contribution in [1.82, 2.24) is 5.32 Å². The fourth-order valence-electron chi connectivity index (χ4n) is 1.87. The lowest BCUT2D eigenvalue weighted by atomic mass is 9.96. The molecule has 4 heteroatoms. The standard InChI is InChI=1S/C13H25NO3/c1-5-10(6-2)12(15)14-8-11(13(16)17)7-9(3)4/h9-11H,5-8H2,1-4H3,(H,14,15)(H,16,17)/t11-/m0/s1. The molecular weight excluding hydrogens is 218 g/mol. The zero-order valence-corrected chi connectivity index (χ0v) is 11.3. The zero-order chi connectivity index (χ0) is 13.4. The van der Waals surface area contributed by atoms with Gasteiger partial charge in [-0.05, 0) is 25.2 Å². The molecular formula is C13H25NO3. The van der Waals surface area contributed by atoms with E-state index in [1.54, 1.807) is 0 Å². The number of hydrogen-bond donors (Lipinski definition) is 2. The molecule has 0 fully saturated rings. The van der Waals surface area contributed by atoms with Crippen LogP contribution in [-0.4, -0.2) is 23.5 Å². The van der Waals surface area contributed by atoms with E-state index in [9.17, 15) is 9.59 Å². The van der Waals surface area contributed by atoms with Crippen LogP contribution in [0.15, 0.2) is 0 Å². The molecule has 4 nitrogen and oxygen atoms in total. The number of aliphatic carboxylic acids is 1. The molecule has 100 valence electrons. The number of rotatable bonds is 8. The lowest BCUT2D eigenvalue weighted by molar-refractivity contribution is -0.142. The van der Waals surface area contributed by atoms with Crippen molar-refractivity contribution in [3.63, 3.8) is 0 Å². The third kappa shape index (κ3) is 6.29. The highest BCUT2D eigenvalue weighted by molar-refractivity contribution is 5.79. The van der Waals surface area contributed by atoms with Crippen LogP contribution in [-0.2, 0) is 9.59 Å². The summed E-state index contributed by atoms with van der Waals surface area (Å²) in [7, 11) is 0. The first-order valence-electron chi connectivity index (χ1n) is 6.42. The Labute approximate surface area is 104 Å². The Balaban J connectivity index is 4.21. The van der Waals surface area contributed by atoms with Crippen LogP contribution < -0.4 is 5.32 Å². The Hall–Kier alpha value is -1.06. The largest absolute Gasteiger partial charge is 0.481 e. The first kappa shape index (κ1) is 15.9. The minimum Gasteiger partial charge on any atom is -0.481 e. The molecule has 17 heavy (non-hydrogen) atoms. The summed E-state index contributed by atoms with van der Waals surface area (Å²) >= 11 is 0. The Bertz CT molecular complexity index is 247. The van der Waals surface area contributed by atoms with Gasteiger partial charge in [-0.15, -0.1) is 0 Å². The number of amides is 1. The Morgan fingerprint density at radius 1 is 1.12 bits per heavy atom. The van der Waals surface area contributed by atoms with Crippen molar-refractivity contribution in [3.8, 4) is 0 Å². The highest BCUT2D eigenvalue weighted by Gasteiger charge is 2.21. The van der Waals surface area contributed by atoms with Crippen LogP contribution >= 0.6 is 0 Å². The van der Waals surface area contributed by atoms with E-state index in [0.717, 1.165) is 12.8 Å². The second-order valence-electron chi connectivity index (χ2n) is 4.92. The zero-order valence-electron chi connectivity index (χ0n) is 11.3. The summed E-state index contributed by atoms with van der Waals surface area (Å²) in [4.78, 5) is 22.7. The van der Waals surface area contributed by atoms with Crippen molar-refractivity contribution in [2.45, 2.75) is 47.0 Å². The monoisotopic (exact) mass is 243 g/mol. The lowest BCUT2D eigenvalue weighted by Crippen LogP contribution is -2.37. The molecule has 0 saturated carbocycles. The molecule has 1 amide bonds. The molecule has 0 aliphatic carbocycles. The van der Waals surface area contributed by atoms with Crippen LogP contribution in [0.25, 0.3) is 0 Å². The summed E-state index contributed by atoms with van der Waals surface area (Å²) in [6.45, 7) is 8.15. The van der Waals surface area contributed by atoms with E-state index in [0.29, 0.717) is 12.3 Å². The van der Waals surface area contributed by atoms with Gasteiger partial charge in [0, 0.05) is 12.5 Å². The minimum atomic E-state index is -0.830. The Morgan fingerprint density at radius 3 is 2.00 bits per heavy atom. The molecule has 0 bridgehead atoms. The fourth-order valence-corrected chi connectivity index (χ4v) is 1.87. The van der Waals surface area contributed by atoms with Gasteiger partial charge in [-0.1, -0.05) is 27.7 Å². The smallest absolute Gasteiger partial charge is 0.308 e. The second-order valence-corrected chi connectivity index (χ2v) is 4.92. The average Bonchev–Trinajstić information content (AvgIpc) is 2.25. The van der Waals surface area contributed by atoms with Gasteiger partial charge in [0.25, 0.3) is 0 Å². The van der Waals surface area contributed by atoms with E-state index in [1.807, 2.05) is 27.7 Å². The van der Waals surface area contributed by atoms with Crippen molar-refractivity contribution in [1.29, 1.82) is 0 Å². The van der Waals surface area contributed by atoms with Crippen LogP contribution in [0, 0.1) is 17.8 Å². The molecule has 0 saturated heterocycles. The third-order valence-electron chi connectivity index (χ3n) is 2.98. The third-order valence-corrected chi connectivity index (χ3v) is 2.98. The summed E-state index contributed by atoms with van der Waals surface area (Å²) in [5.74, 6) is -1.01. The molecule has 0 aromatic heterocycles. The maximum Gasteiger partial charge on any atom is 0.308 e. The lowest BCUT2D eigenvalue weighted by Gasteiger charge is -2.18.